The summed E-state index contributed by atoms with van der Waals surface area (Å²) in [4.78, 5) is 9.64. The highest BCUT2D eigenvalue weighted by molar-refractivity contribution is 7.99. The molecule has 0 bridgehead atoms. The van der Waals surface area contributed by atoms with E-state index >= 15 is 0 Å². The van der Waals surface area contributed by atoms with Crippen LogP contribution in [0.15, 0.2) is 28.8 Å². The van der Waals surface area contributed by atoms with Gasteiger partial charge in [-0.25, -0.2) is 9.97 Å². The first-order chi connectivity index (χ1) is 7.31. The van der Waals surface area contributed by atoms with Gasteiger partial charge in [0.2, 0.25) is 0 Å². The molecule has 2 heterocycles. The third kappa shape index (κ3) is 2.30. The van der Waals surface area contributed by atoms with E-state index in [2.05, 4.69) is 16.0 Å². The van der Waals surface area contributed by atoms with Crippen molar-refractivity contribution in [1.29, 1.82) is 0 Å². The molecule has 15 heavy (non-hydrogen) atoms. The largest absolute Gasteiger partial charge is 0.383 e. The number of fused-ring (bicyclic) bond motifs is 1. The van der Waals surface area contributed by atoms with Crippen LogP contribution in [0.2, 0.25) is 0 Å². The zero-order valence-corrected chi connectivity index (χ0v) is 9.94. The standard InChI is InChI=1S/C10H11N3S2/c1-2-3-5-15-10-12-8(11)7-4-6-14-9(7)13-10/h2-4,6H,5H2,1H3,(H2,11,12,13). The van der Waals surface area contributed by atoms with Crippen LogP contribution in [-0.2, 0) is 0 Å². The van der Waals surface area contributed by atoms with Crippen molar-refractivity contribution in [2.45, 2.75) is 12.1 Å². The van der Waals surface area contributed by atoms with E-state index in [-0.39, 0.29) is 0 Å². The van der Waals surface area contributed by atoms with Crippen molar-refractivity contribution < 1.29 is 0 Å². The molecule has 0 fully saturated rings. The molecule has 3 nitrogen and oxygen atoms in total. The summed E-state index contributed by atoms with van der Waals surface area (Å²) in [5.41, 5.74) is 5.83. The van der Waals surface area contributed by atoms with Crippen molar-refractivity contribution in [2.24, 2.45) is 0 Å². The Morgan fingerprint density at radius 3 is 3.20 bits per heavy atom. The smallest absolute Gasteiger partial charge is 0.191 e. The minimum Gasteiger partial charge on any atom is -0.383 e. The van der Waals surface area contributed by atoms with Crippen LogP contribution in [0, 0.1) is 0 Å². The van der Waals surface area contributed by atoms with Crippen molar-refractivity contribution in [1.82, 2.24) is 9.97 Å². The van der Waals surface area contributed by atoms with Gasteiger partial charge in [-0.15, -0.1) is 11.3 Å². The van der Waals surface area contributed by atoms with Crippen molar-refractivity contribution in [2.75, 3.05) is 11.5 Å². The molecular weight excluding hydrogens is 226 g/mol. The fourth-order valence-corrected chi connectivity index (χ4v) is 2.73. The van der Waals surface area contributed by atoms with Crippen LogP contribution in [-0.4, -0.2) is 15.7 Å². The van der Waals surface area contributed by atoms with Gasteiger partial charge in [-0.3, -0.25) is 0 Å². The summed E-state index contributed by atoms with van der Waals surface area (Å²) >= 11 is 3.19. The zero-order chi connectivity index (χ0) is 10.7. The van der Waals surface area contributed by atoms with E-state index in [0.29, 0.717) is 5.82 Å². The Bertz CT molecular complexity index is 490. The summed E-state index contributed by atoms with van der Waals surface area (Å²) in [6, 6.07) is 1.95. The Balaban J connectivity index is 2.28. The van der Waals surface area contributed by atoms with Crippen LogP contribution < -0.4 is 5.73 Å². The lowest BCUT2D eigenvalue weighted by Crippen LogP contribution is -1.94. The maximum absolute atomic E-state index is 5.83. The van der Waals surface area contributed by atoms with E-state index in [9.17, 15) is 0 Å². The molecule has 0 aliphatic carbocycles. The maximum Gasteiger partial charge on any atom is 0.191 e. The average Bonchev–Trinajstić information content (AvgIpc) is 2.66. The number of allylic oxidation sites excluding steroid dienone is 1. The van der Waals surface area contributed by atoms with Gasteiger partial charge in [-0.05, 0) is 18.4 Å². The quantitative estimate of drug-likeness (QED) is 0.506. The van der Waals surface area contributed by atoms with Crippen LogP contribution in [0.25, 0.3) is 10.2 Å². The molecule has 0 saturated heterocycles. The third-order valence-electron chi connectivity index (χ3n) is 1.88. The molecule has 0 spiro atoms. The van der Waals surface area contributed by atoms with Gasteiger partial charge >= 0.3 is 0 Å². The minimum atomic E-state index is 0.573. The van der Waals surface area contributed by atoms with Crippen LogP contribution in [0.3, 0.4) is 0 Å². The van der Waals surface area contributed by atoms with Gasteiger partial charge in [0.15, 0.2) is 5.16 Å². The molecule has 0 aliphatic rings. The molecule has 0 atom stereocenters. The molecule has 0 aromatic carbocycles. The lowest BCUT2D eigenvalue weighted by molar-refractivity contribution is 1.02. The monoisotopic (exact) mass is 237 g/mol. The second-order valence-corrected chi connectivity index (χ2v) is 4.79. The van der Waals surface area contributed by atoms with Gasteiger partial charge < -0.3 is 5.73 Å². The molecular formula is C10H11N3S2. The third-order valence-corrected chi connectivity index (χ3v) is 3.48. The number of nitrogen functional groups attached to an aromatic ring is 1. The highest BCUT2D eigenvalue weighted by atomic mass is 32.2. The zero-order valence-electron chi connectivity index (χ0n) is 8.30. The number of nitrogens with zero attached hydrogens (tertiary/aromatic N) is 2. The molecule has 2 aromatic heterocycles. The SMILES string of the molecule is CC=CCSc1nc(N)c2ccsc2n1. The Labute approximate surface area is 96.4 Å². The number of nitrogens with two attached hydrogens (primary N) is 1. The van der Waals surface area contributed by atoms with Crippen molar-refractivity contribution >= 4 is 39.1 Å². The average molecular weight is 237 g/mol. The number of hydrogen-bond donors (Lipinski definition) is 1. The molecule has 2 rings (SSSR count). The number of thiophene rings is 1. The fourth-order valence-electron chi connectivity index (χ4n) is 1.14. The Hall–Kier alpha value is -1.07. The van der Waals surface area contributed by atoms with Gasteiger partial charge in [0, 0.05) is 5.75 Å². The number of thioether (sulfide) groups is 1. The second kappa shape index (κ2) is 4.63. The minimum absolute atomic E-state index is 0.573. The molecule has 2 aromatic rings. The lowest BCUT2D eigenvalue weighted by atomic mass is 10.4. The summed E-state index contributed by atoms with van der Waals surface area (Å²) in [5.74, 6) is 1.46. The normalized spacial score (nSPS) is 11.5. The Morgan fingerprint density at radius 2 is 2.40 bits per heavy atom. The van der Waals surface area contributed by atoms with E-state index in [4.69, 9.17) is 5.73 Å². The van der Waals surface area contributed by atoms with Crippen LogP contribution in [0.1, 0.15) is 6.92 Å². The van der Waals surface area contributed by atoms with Gasteiger partial charge in [0.1, 0.15) is 10.6 Å². The van der Waals surface area contributed by atoms with Crippen molar-refractivity contribution in [3.63, 3.8) is 0 Å². The van der Waals surface area contributed by atoms with Crippen molar-refractivity contribution in [3.05, 3.63) is 23.6 Å². The Morgan fingerprint density at radius 1 is 1.53 bits per heavy atom. The van der Waals surface area contributed by atoms with E-state index in [1.54, 1.807) is 23.1 Å². The van der Waals surface area contributed by atoms with Crippen LogP contribution in [0.5, 0.6) is 0 Å². The summed E-state index contributed by atoms with van der Waals surface area (Å²) in [5, 5.41) is 3.69. The topological polar surface area (TPSA) is 51.8 Å². The molecule has 0 aliphatic heterocycles. The van der Waals surface area contributed by atoms with E-state index in [1.165, 1.54) is 0 Å². The highest BCUT2D eigenvalue weighted by Crippen LogP contribution is 2.26. The Kier molecular flexibility index (Phi) is 3.23. The first-order valence-electron chi connectivity index (χ1n) is 4.56. The van der Waals surface area contributed by atoms with Crippen LogP contribution in [0.4, 0.5) is 5.82 Å². The van der Waals surface area contributed by atoms with E-state index in [0.717, 1.165) is 21.1 Å². The molecule has 2 N–H and O–H groups in total. The van der Waals surface area contributed by atoms with E-state index in [1.807, 2.05) is 24.4 Å². The molecule has 0 saturated carbocycles. The predicted molar refractivity (Wildman–Crippen MR) is 67.4 cm³/mol. The highest BCUT2D eigenvalue weighted by Gasteiger charge is 2.05. The molecule has 0 unspecified atom stereocenters. The number of hydrogen-bond acceptors (Lipinski definition) is 5. The summed E-state index contributed by atoms with van der Waals surface area (Å²) in [7, 11) is 0. The summed E-state index contributed by atoms with van der Waals surface area (Å²) in [6.45, 7) is 2.00. The fraction of sp³-hybridized carbons (Fsp3) is 0.200. The summed E-state index contributed by atoms with van der Waals surface area (Å²) in [6.07, 6.45) is 4.09. The van der Waals surface area contributed by atoms with Gasteiger partial charge in [0.25, 0.3) is 0 Å². The lowest BCUT2D eigenvalue weighted by Gasteiger charge is -1.99. The van der Waals surface area contributed by atoms with Crippen molar-refractivity contribution in [3.8, 4) is 0 Å². The predicted octanol–water partition coefficient (Wildman–Crippen LogP) is 2.94. The first-order valence-corrected chi connectivity index (χ1v) is 6.42. The number of anilines is 1. The van der Waals surface area contributed by atoms with E-state index < -0.39 is 0 Å². The van der Waals surface area contributed by atoms with Gasteiger partial charge in [-0.1, -0.05) is 23.9 Å². The molecule has 5 heteroatoms. The molecule has 78 valence electrons. The number of rotatable bonds is 3. The van der Waals surface area contributed by atoms with Gasteiger partial charge in [-0.2, -0.15) is 0 Å². The van der Waals surface area contributed by atoms with Crippen LogP contribution >= 0.6 is 23.1 Å². The molecule has 0 amide bonds. The summed E-state index contributed by atoms with van der Waals surface area (Å²) < 4.78 is 0. The maximum atomic E-state index is 5.83. The second-order valence-electron chi connectivity index (χ2n) is 2.91. The first kappa shape index (κ1) is 10.4. The number of aromatic nitrogens is 2. The van der Waals surface area contributed by atoms with Gasteiger partial charge in [0.05, 0.1) is 5.39 Å². The molecule has 0 radical (unpaired) electrons.